The van der Waals surface area contributed by atoms with Gasteiger partial charge in [0.1, 0.15) is 11.5 Å². The number of methoxy groups -OCH3 is 1. The first kappa shape index (κ1) is 15.1. The molecule has 0 unspecified atom stereocenters. The smallest absolute Gasteiger partial charge is 0.137 e. The summed E-state index contributed by atoms with van der Waals surface area (Å²) < 4.78 is 5.36. The van der Waals surface area contributed by atoms with Crippen molar-refractivity contribution >= 4 is 0 Å². The van der Waals surface area contributed by atoms with Gasteiger partial charge in [0, 0.05) is 12.8 Å². The highest BCUT2D eigenvalue weighted by molar-refractivity contribution is 5.34. The molecule has 0 spiro atoms. The molecule has 0 aromatic rings. The van der Waals surface area contributed by atoms with Crippen molar-refractivity contribution in [2.75, 3.05) is 7.11 Å². The first-order valence-electron chi connectivity index (χ1n) is 9.14. The van der Waals surface area contributed by atoms with Gasteiger partial charge in [-0.3, -0.25) is 0 Å². The van der Waals surface area contributed by atoms with Gasteiger partial charge in [-0.2, -0.15) is 5.26 Å². The Kier molecular flexibility index (Phi) is 3.48. The lowest BCUT2D eigenvalue weighted by atomic mass is 9.53. The van der Waals surface area contributed by atoms with Crippen LogP contribution in [-0.2, 0) is 4.74 Å². The van der Waals surface area contributed by atoms with Crippen molar-refractivity contribution in [2.45, 2.75) is 58.3 Å². The van der Waals surface area contributed by atoms with Crippen molar-refractivity contribution in [1.29, 1.82) is 5.26 Å². The van der Waals surface area contributed by atoms with Crippen LogP contribution in [0.5, 0.6) is 0 Å². The molecule has 124 valence electrons. The average Bonchev–Trinajstić information content (AvgIpc) is 2.90. The van der Waals surface area contributed by atoms with E-state index < -0.39 is 0 Å². The van der Waals surface area contributed by atoms with Gasteiger partial charge in [-0.05, 0) is 61.7 Å². The van der Waals surface area contributed by atoms with Crippen molar-refractivity contribution in [1.82, 2.24) is 0 Å². The molecular formula is C20H27NO2. The minimum atomic E-state index is 0.234. The number of ether oxygens (including phenoxy) is 1. The Bertz CT molecular complexity index is 626. The maximum absolute atomic E-state index is 10.3. The van der Waals surface area contributed by atoms with Crippen molar-refractivity contribution in [3.63, 3.8) is 0 Å². The summed E-state index contributed by atoms with van der Waals surface area (Å²) in [6, 6.07) is 2.60. The SMILES string of the molecule is COC1=C(O)CC2=C(CC[C@@H]3[C@@H]2CC[C@]2(C)[C@H](C#N)CC[C@@H]32)C1. The summed E-state index contributed by atoms with van der Waals surface area (Å²) in [6.45, 7) is 2.37. The summed E-state index contributed by atoms with van der Waals surface area (Å²) >= 11 is 0. The lowest BCUT2D eigenvalue weighted by Gasteiger charge is -2.51. The molecule has 3 heteroatoms. The molecule has 0 heterocycles. The van der Waals surface area contributed by atoms with Crippen molar-refractivity contribution in [3.8, 4) is 6.07 Å². The Morgan fingerprint density at radius 2 is 2.04 bits per heavy atom. The Morgan fingerprint density at radius 1 is 1.22 bits per heavy atom. The second kappa shape index (κ2) is 5.30. The Balaban J connectivity index is 1.62. The summed E-state index contributed by atoms with van der Waals surface area (Å²) in [5, 5.41) is 19.8. The van der Waals surface area contributed by atoms with E-state index in [1.54, 1.807) is 7.11 Å². The van der Waals surface area contributed by atoms with Gasteiger partial charge in [0.05, 0.1) is 19.1 Å². The molecule has 1 N–H and O–H groups in total. The minimum Gasteiger partial charge on any atom is -0.508 e. The molecule has 4 aliphatic rings. The third-order valence-corrected chi connectivity index (χ3v) is 7.57. The van der Waals surface area contributed by atoms with Gasteiger partial charge < -0.3 is 9.84 Å². The van der Waals surface area contributed by atoms with Crippen LogP contribution in [0.2, 0.25) is 0 Å². The van der Waals surface area contributed by atoms with E-state index in [0.717, 1.165) is 30.9 Å². The molecular weight excluding hydrogens is 286 g/mol. The molecule has 4 aliphatic carbocycles. The molecule has 0 aromatic carbocycles. The predicted octanol–water partition coefficient (Wildman–Crippen LogP) is 4.87. The normalized spacial score (nSPS) is 42.7. The highest BCUT2D eigenvalue weighted by Gasteiger charge is 2.55. The number of nitriles is 1. The molecule has 0 aliphatic heterocycles. The van der Waals surface area contributed by atoms with Crippen LogP contribution in [0.1, 0.15) is 58.3 Å². The van der Waals surface area contributed by atoms with Crippen LogP contribution in [0.3, 0.4) is 0 Å². The van der Waals surface area contributed by atoms with Gasteiger partial charge in [-0.15, -0.1) is 0 Å². The molecule has 0 saturated heterocycles. The first-order chi connectivity index (χ1) is 11.1. The number of hydrogen-bond acceptors (Lipinski definition) is 3. The predicted molar refractivity (Wildman–Crippen MR) is 88.3 cm³/mol. The van der Waals surface area contributed by atoms with Crippen LogP contribution in [-0.4, -0.2) is 12.2 Å². The van der Waals surface area contributed by atoms with Crippen molar-refractivity contribution in [2.24, 2.45) is 29.1 Å². The number of allylic oxidation sites excluding steroid dienone is 2. The largest absolute Gasteiger partial charge is 0.508 e. The molecule has 5 atom stereocenters. The van der Waals surface area contributed by atoms with Gasteiger partial charge >= 0.3 is 0 Å². The fraction of sp³-hybridized carbons (Fsp3) is 0.750. The highest BCUT2D eigenvalue weighted by atomic mass is 16.5. The molecule has 0 radical (unpaired) electrons. The number of fused-ring (bicyclic) bond motifs is 4. The summed E-state index contributed by atoms with van der Waals surface area (Å²) in [6.07, 6.45) is 8.61. The number of aliphatic hydroxyl groups excluding tert-OH is 1. The fourth-order valence-electron chi connectivity index (χ4n) is 6.32. The summed E-state index contributed by atoms with van der Waals surface area (Å²) in [5.74, 6) is 3.53. The van der Waals surface area contributed by atoms with E-state index in [2.05, 4.69) is 13.0 Å². The van der Waals surface area contributed by atoms with Crippen molar-refractivity contribution in [3.05, 3.63) is 22.7 Å². The molecule has 23 heavy (non-hydrogen) atoms. The van der Waals surface area contributed by atoms with E-state index >= 15 is 0 Å². The topological polar surface area (TPSA) is 53.2 Å². The lowest BCUT2D eigenvalue weighted by Crippen LogP contribution is -2.43. The number of aliphatic hydroxyl groups is 1. The van der Waals surface area contributed by atoms with Crippen LogP contribution in [0.25, 0.3) is 0 Å². The van der Waals surface area contributed by atoms with Crippen LogP contribution in [0, 0.1) is 40.4 Å². The van der Waals surface area contributed by atoms with Crippen LogP contribution in [0.4, 0.5) is 0 Å². The Hall–Kier alpha value is -1.43. The quantitative estimate of drug-likeness (QED) is 0.703. The van der Waals surface area contributed by atoms with Crippen LogP contribution >= 0.6 is 0 Å². The molecule has 2 saturated carbocycles. The monoisotopic (exact) mass is 313 g/mol. The number of nitrogens with zero attached hydrogens (tertiary/aromatic N) is 1. The van der Waals surface area contributed by atoms with Gasteiger partial charge in [0.25, 0.3) is 0 Å². The Labute approximate surface area is 139 Å². The minimum absolute atomic E-state index is 0.234. The van der Waals surface area contributed by atoms with Crippen molar-refractivity contribution < 1.29 is 9.84 Å². The summed E-state index contributed by atoms with van der Waals surface area (Å²) in [7, 11) is 1.66. The third-order valence-electron chi connectivity index (χ3n) is 7.57. The maximum Gasteiger partial charge on any atom is 0.137 e. The zero-order valence-corrected chi connectivity index (χ0v) is 14.3. The van der Waals surface area contributed by atoms with E-state index in [1.165, 1.54) is 36.8 Å². The second-order valence-electron chi connectivity index (χ2n) is 8.28. The van der Waals surface area contributed by atoms with Crippen LogP contribution < -0.4 is 0 Å². The summed E-state index contributed by atoms with van der Waals surface area (Å²) in [4.78, 5) is 0. The molecule has 3 nitrogen and oxygen atoms in total. The van der Waals surface area contributed by atoms with E-state index in [1.807, 2.05) is 0 Å². The van der Waals surface area contributed by atoms with Crippen LogP contribution in [0.15, 0.2) is 22.7 Å². The lowest BCUT2D eigenvalue weighted by molar-refractivity contribution is 0.0258. The fourth-order valence-corrected chi connectivity index (χ4v) is 6.32. The van der Waals surface area contributed by atoms with Gasteiger partial charge in [0.2, 0.25) is 0 Å². The standard InChI is InChI=1S/C20H27NO2/c1-20-8-7-14-15(17(20)6-4-13(20)11-21)5-3-12-9-19(23-2)18(22)10-16(12)14/h13-15,17,22H,3-10H2,1-2H3/t13-,14-,15+,17-,20+/m0/s1. The van der Waals surface area contributed by atoms with Gasteiger partial charge in [0.15, 0.2) is 0 Å². The maximum atomic E-state index is 10.3. The molecule has 4 rings (SSSR count). The zero-order chi connectivity index (χ0) is 16.2. The van der Waals surface area contributed by atoms with E-state index in [-0.39, 0.29) is 11.3 Å². The highest BCUT2D eigenvalue weighted by Crippen LogP contribution is 2.63. The number of hydrogen-bond donors (Lipinski definition) is 1. The summed E-state index contributed by atoms with van der Waals surface area (Å²) in [5.41, 5.74) is 3.28. The average molecular weight is 313 g/mol. The molecule has 0 aromatic heterocycles. The van der Waals surface area contributed by atoms with E-state index in [0.29, 0.717) is 24.0 Å². The van der Waals surface area contributed by atoms with E-state index in [4.69, 9.17) is 4.74 Å². The zero-order valence-electron chi connectivity index (χ0n) is 14.3. The first-order valence-corrected chi connectivity index (χ1v) is 9.14. The van der Waals surface area contributed by atoms with E-state index in [9.17, 15) is 10.4 Å². The number of rotatable bonds is 1. The third kappa shape index (κ3) is 2.07. The van der Waals surface area contributed by atoms with Gasteiger partial charge in [-0.25, -0.2) is 0 Å². The molecule has 0 bridgehead atoms. The second-order valence-corrected chi connectivity index (χ2v) is 8.28. The molecule has 0 amide bonds. The molecule has 2 fully saturated rings. The Morgan fingerprint density at radius 3 is 2.78 bits per heavy atom. The van der Waals surface area contributed by atoms with Gasteiger partial charge in [-0.1, -0.05) is 18.1 Å².